The topological polar surface area (TPSA) is 57.0 Å². The van der Waals surface area contributed by atoms with Crippen LogP contribution in [0.25, 0.3) is 5.69 Å². The first kappa shape index (κ1) is 16.8. The Balaban J connectivity index is 1.88. The molecule has 0 radical (unpaired) electrons. The summed E-state index contributed by atoms with van der Waals surface area (Å²) in [7, 11) is 0. The first-order valence-corrected chi connectivity index (χ1v) is 7.53. The smallest absolute Gasteiger partial charge is 0.259 e. The number of halogens is 2. The third kappa shape index (κ3) is 3.55. The number of pyridine rings is 3. The maximum Gasteiger partial charge on any atom is 0.259 e. The Kier molecular flexibility index (Phi) is 4.56. The summed E-state index contributed by atoms with van der Waals surface area (Å²) in [6.07, 6.45) is 4.20. The van der Waals surface area contributed by atoms with E-state index in [1.54, 1.807) is 36.0 Å². The number of nitrogens with zero attached hydrogens (tertiary/aromatic N) is 3. The molecule has 0 aliphatic rings. The second kappa shape index (κ2) is 6.80. The summed E-state index contributed by atoms with van der Waals surface area (Å²) in [6, 6.07) is 5.47. The average molecular weight is 343 g/mol. The van der Waals surface area contributed by atoms with Gasteiger partial charge in [0.25, 0.3) is 5.56 Å². The average Bonchev–Trinajstić information content (AvgIpc) is 2.55. The summed E-state index contributed by atoms with van der Waals surface area (Å²) in [4.78, 5) is 20.1. The second-order valence-corrected chi connectivity index (χ2v) is 5.54. The fourth-order valence-electron chi connectivity index (χ4n) is 2.48. The van der Waals surface area contributed by atoms with Crippen LogP contribution in [0.15, 0.2) is 47.7 Å². The molecule has 128 valence electrons. The molecule has 0 unspecified atom stereocenters. The van der Waals surface area contributed by atoms with E-state index in [-0.39, 0.29) is 23.6 Å². The van der Waals surface area contributed by atoms with Crippen LogP contribution in [0.4, 0.5) is 8.78 Å². The van der Waals surface area contributed by atoms with Gasteiger partial charge in [-0.2, -0.15) is 0 Å². The summed E-state index contributed by atoms with van der Waals surface area (Å²) in [6.45, 7) is 3.43. The van der Waals surface area contributed by atoms with Gasteiger partial charge < -0.3 is 4.74 Å². The van der Waals surface area contributed by atoms with Gasteiger partial charge in [0.1, 0.15) is 23.9 Å². The van der Waals surface area contributed by atoms with Crippen molar-refractivity contribution in [1.29, 1.82) is 0 Å². The van der Waals surface area contributed by atoms with Crippen molar-refractivity contribution in [3.05, 3.63) is 81.8 Å². The van der Waals surface area contributed by atoms with Crippen LogP contribution in [0.2, 0.25) is 0 Å². The number of rotatable bonds is 4. The molecule has 5 nitrogen and oxygen atoms in total. The van der Waals surface area contributed by atoms with Gasteiger partial charge in [0.05, 0.1) is 11.9 Å². The van der Waals surface area contributed by atoms with E-state index in [4.69, 9.17) is 4.74 Å². The molecule has 3 aromatic rings. The number of hydrogen-bond acceptors (Lipinski definition) is 4. The van der Waals surface area contributed by atoms with E-state index in [0.29, 0.717) is 5.69 Å². The second-order valence-electron chi connectivity index (χ2n) is 5.54. The first-order chi connectivity index (χ1) is 12.0. The van der Waals surface area contributed by atoms with Crippen LogP contribution < -0.4 is 10.3 Å². The summed E-state index contributed by atoms with van der Waals surface area (Å²) in [5, 5.41) is 0. The van der Waals surface area contributed by atoms with Crippen molar-refractivity contribution in [3.63, 3.8) is 0 Å². The standard InChI is InChI=1S/C18H15F2N3O2/c1-11-8-21-4-3-17(11)23-12(2)5-14(7-18(23)24)25-10-16-15(20)6-13(19)9-22-16/h3-9H,10H2,1-2H3. The van der Waals surface area contributed by atoms with E-state index in [1.807, 2.05) is 6.92 Å². The molecule has 3 rings (SSSR count). The number of aromatic nitrogens is 3. The molecule has 25 heavy (non-hydrogen) atoms. The SMILES string of the molecule is Cc1cnccc1-n1c(C)cc(OCc2ncc(F)cc2F)cc1=O. The Labute approximate surface area is 142 Å². The van der Waals surface area contributed by atoms with Gasteiger partial charge in [0, 0.05) is 36.3 Å². The van der Waals surface area contributed by atoms with Gasteiger partial charge in [-0.1, -0.05) is 0 Å². The Morgan fingerprint density at radius 1 is 1.16 bits per heavy atom. The Morgan fingerprint density at radius 3 is 2.64 bits per heavy atom. The van der Waals surface area contributed by atoms with Gasteiger partial charge in [0.15, 0.2) is 5.82 Å². The van der Waals surface area contributed by atoms with Crippen LogP contribution in [-0.2, 0) is 6.61 Å². The highest BCUT2D eigenvalue weighted by Crippen LogP contribution is 2.17. The van der Waals surface area contributed by atoms with E-state index in [2.05, 4.69) is 9.97 Å². The molecule has 0 fully saturated rings. The monoisotopic (exact) mass is 343 g/mol. The molecule has 0 aliphatic heterocycles. The van der Waals surface area contributed by atoms with E-state index >= 15 is 0 Å². The van der Waals surface area contributed by atoms with Crippen LogP contribution in [0.1, 0.15) is 17.0 Å². The van der Waals surface area contributed by atoms with Crippen LogP contribution >= 0.6 is 0 Å². The molecule has 0 saturated heterocycles. The quantitative estimate of drug-likeness (QED) is 0.730. The molecule has 7 heteroatoms. The van der Waals surface area contributed by atoms with Crippen LogP contribution in [-0.4, -0.2) is 14.5 Å². The Bertz CT molecular complexity index is 986. The van der Waals surface area contributed by atoms with Gasteiger partial charge in [-0.15, -0.1) is 0 Å². The lowest BCUT2D eigenvalue weighted by Crippen LogP contribution is -2.21. The highest BCUT2D eigenvalue weighted by atomic mass is 19.1. The molecule has 3 heterocycles. The van der Waals surface area contributed by atoms with Gasteiger partial charge in [0.2, 0.25) is 0 Å². The number of aryl methyl sites for hydroxylation is 2. The predicted octanol–water partition coefficient (Wildman–Crippen LogP) is 3.10. The summed E-state index contributed by atoms with van der Waals surface area (Å²) >= 11 is 0. The Morgan fingerprint density at radius 2 is 1.96 bits per heavy atom. The predicted molar refractivity (Wildman–Crippen MR) is 87.8 cm³/mol. The van der Waals surface area contributed by atoms with Crippen molar-refractivity contribution in [1.82, 2.24) is 14.5 Å². The first-order valence-electron chi connectivity index (χ1n) is 7.53. The molecule has 0 spiro atoms. The fraction of sp³-hybridized carbons (Fsp3) is 0.167. The van der Waals surface area contributed by atoms with Crippen molar-refractivity contribution in [2.45, 2.75) is 20.5 Å². The highest BCUT2D eigenvalue weighted by molar-refractivity contribution is 5.41. The zero-order valence-corrected chi connectivity index (χ0v) is 13.7. The van der Waals surface area contributed by atoms with Crippen LogP contribution in [0.5, 0.6) is 5.75 Å². The van der Waals surface area contributed by atoms with Crippen molar-refractivity contribution in [2.24, 2.45) is 0 Å². The molecular formula is C18H15F2N3O2. The molecule has 0 aromatic carbocycles. The lowest BCUT2D eigenvalue weighted by atomic mass is 10.2. The lowest BCUT2D eigenvalue weighted by Gasteiger charge is -2.14. The summed E-state index contributed by atoms with van der Waals surface area (Å²) < 4.78 is 33.4. The Hall–Kier alpha value is -3.09. The summed E-state index contributed by atoms with van der Waals surface area (Å²) in [5.41, 5.74) is 1.93. The van der Waals surface area contributed by atoms with Crippen LogP contribution in [0.3, 0.4) is 0 Å². The van der Waals surface area contributed by atoms with Gasteiger partial charge in [-0.05, 0) is 25.5 Å². The van der Waals surface area contributed by atoms with Crippen molar-refractivity contribution >= 4 is 0 Å². The molecule has 0 atom stereocenters. The number of ether oxygens (including phenoxy) is 1. The maximum absolute atomic E-state index is 13.6. The molecule has 0 saturated carbocycles. The zero-order valence-electron chi connectivity index (χ0n) is 13.7. The van der Waals surface area contributed by atoms with Gasteiger partial charge in [-0.3, -0.25) is 19.3 Å². The third-order valence-electron chi connectivity index (χ3n) is 3.68. The minimum Gasteiger partial charge on any atom is -0.487 e. The normalized spacial score (nSPS) is 10.7. The van der Waals surface area contributed by atoms with Crippen LogP contribution in [0, 0.1) is 25.5 Å². The molecule has 0 N–H and O–H groups in total. The highest BCUT2D eigenvalue weighted by Gasteiger charge is 2.11. The lowest BCUT2D eigenvalue weighted by molar-refractivity contribution is 0.292. The largest absolute Gasteiger partial charge is 0.487 e. The van der Waals surface area contributed by atoms with Crippen molar-refractivity contribution < 1.29 is 13.5 Å². The minimum absolute atomic E-state index is 0.0341. The van der Waals surface area contributed by atoms with Gasteiger partial charge in [-0.25, -0.2) is 8.78 Å². The van der Waals surface area contributed by atoms with E-state index in [0.717, 1.165) is 23.5 Å². The van der Waals surface area contributed by atoms with Crippen molar-refractivity contribution in [2.75, 3.05) is 0 Å². The molecular weight excluding hydrogens is 328 g/mol. The fourth-order valence-corrected chi connectivity index (χ4v) is 2.48. The van der Waals surface area contributed by atoms with E-state index in [1.165, 1.54) is 6.07 Å². The third-order valence-corrected chi connectivity index (χ3v) is 3.68. The molecule has 0 amide bonds. The summed E-state index contributed by atoms with van der Waals surface area (Å²) in [5.74, 6) is -1.26. The number of hydrogen-bond donors (Lipinski definition) is 0. The van der Waals surface area contributed by atoms with Gasteiger partial charge >= 0.3 is 0 Å². The molecule has 0 bridgehead atoms. The molecule has 3 aromatic heterocycles. The van der Waals surface area contributed by atoms with Crippen molar-refractivity contribution in [3.8, 4) is 11.4 Å². The minimum atomic E-state index is -0.794. The zero-order chi connectivity index (χ0) is 18.0. The van der Waals surface area contributed by atoms with E-state index < -0.39 is 11.6 Å². The molecule has 0 aliphatic carbocycles. The maximum atomic E-state index is 13.6. The van der Waals surface area contributed by atoms with E-state index in [9.17, 15) is 13.6 Å².